The topological polar surface area (TPSA) is 85.6 Å². The number of halogens is 1. The molecular weight excluding hydrogens is 340 g/mol. The molecule has 2 aromatic heterocycles. The number of benzene rings is 1. The molecule has 9 heteroatoms. The summed E-state index contributed by atoms with van der Waals surface area (Å²) in [7, 11) is -2.51. The van der Waals surface area contributed by atoms with Crippen LogP contribution in [0.4, 0.5) is 5.69 Å². The number of methoxy groups -OCH3 is 1. The van der Waals surface area contributed by atoms with Crippen molar-refractivity contribution >= 4 is 33.0 Å². The number of anilines is 1. The van der Waals surface area contributed by atoms with E-state index in [0.717, 1.165) is 0 Å². The van der Waals surface area contributed by atoms with E-state index in [1.54, 1.807) is 35.7 Å². The SMILES string of the molecule is COc1ccc(Cl)cc1S(=O)(=O)Nc1cccn2c(C)nnc12. The van der Waals surface area contributed by atoms with Gasteiger partial charge in [0.15, 0.2) is 5.65 Å². The zero-order valence-corrected chi connectivity index (χ0v) is 13.9. The molecule has 0 unspecified atom stereocenters. The van der Waals surface area contributed by atoms with Gasteiger partial charge in [-0.2, -0.15) is 0 Å². The molecule has 0 atom stereocenters. The third kappa shape index (κ3) is 2.82. The first kappa shape index (κ1) is 15.6. The molecule has 0 bridgehead atoms. The van der Waals surface area contributed by atoms with Crippen molar-refractivity contribution in [3.8, 4) is 5.75 Å². The fraction of sp³-hybridized carbons (Fsp3) is 0.143. The standard InChI is InChI=1S/C14H13ClN4O3S/c1-9-16-17-14-11(4-3-7-19(9)14)18-23(20,21)13-8-10(15)5-6-12(13)22-2/h3-8,18H,1-2H3. The number of hydrogen-bond acceptors (Lipinski definition) is 5. The van der Waals surface area contributed by atoms with E-state index in [4.69, 9.17) is 16.3 Å². The average Bonchev–Trinajstić information content (AvgIpc) is 2.90. The molecule has 7 nitrogen and oxygen atoms in total. The van der Waals surface area contributed by atoms with Crippen LogP contribution in [0.15, 0.2) is 41.4 Å². The fourth-order valence-corrected chi connectivity index (χ4v) is 3.67. The second kappa shape index (κ2) is 5.71. The molecule has 0 aliphatic heterocycles. The Kier molecular flexibility index (Phi) is 3.87. The highest BCUT2D eigenvalue weighted by Gasteiger charge is 2.21. The Bertz CT molecular complexity index is 985. The summed E-state index contributed by atoms with van der Waals surface area (Å²) >= 11 is 5.91. The van der Waals surface area contributed by atoms with Crippen LogP contribution in [0.25, 0.3) is 5.65 Å². The third-order valence-electron chi connectivity index (χ3n) is 3.26. The highest BCUT2D eigenvalue weighted by atomic mass is 35.5. The largest absolute Gasteiger partial charge is 0.495 e. The van der Waals surface area contributed by atoms with Gasteiger partial charge in [-0.05, 0) is 37.3 Å². The number of nitrogens with zero attached hydrogens (tertiary/aromatic N) is 3. The number of hydrogen-bond donors (Lipinski definition) is 1. The van der Waals surface area contributed by atoms with Gasteiger partial charge in [-0.3, -0.25) is 9.12 Å². The number of nitrogens with one attached hydrogen (secondary N) is 1. The predicted molar refractivity (Wildman–Crippen MR) is 86.5 cm³/mol. The summed E-state index contributed by atoms with van der Waals surface area (Å²) < 4.78 is 34.6. The van der Waals surface area contributed by atoms with Gasteiger partial charge in [0, 0.05) is 11.2 Å². The maximum Gasteiger partial charge on any atom is 0.265 e. The maximum atomic E-state index is 12.7. The Morgan fingerprint density at radius 1 is 1.26 bits per heavy atom. The molecule has 23 heavy (non-hydrogen) atoms. The van der Waals surface area contributed by atoms with Crippen LogP contribution in [-0.2, 0) is 10.0 Å². The monoisotopic (exact) mass is 352 g/mol. The van der Waals surface area contributed by atoms with Gasteiger partial charge >= 0.3 is 0 Å². The van der Waals surface area contributed by atoms with Gasteiger partial charge in [0.25, 0.3) is 10.0 Å². The van der Waals surface area contributed by atoms with Crippen molar-refractivity contribution in [2.45, 2.75) is 11.8 Å². The Morgan fingerprint density at radius 3 is 2.78 bits per heavy atom. The van der Waals surface area contributed by atoms with Gasteiger partial charge in [-0.1, -0.05) is 11.6 Å². The number of aryl methyl sites for hydroxylation is 1. The van der Waals surface area contributed by atoms with Crippen molar-refractivity contribution < 1.29 is 13.2 Å². The lowest BCUT2D eigenvalue weighted by Crippen LogP contribution is -2.15. The van der Waals surface area contributed by atoms with Crippen molar-refractivity contribution in [3.63, 3.8) is 0 Å². The summed E-state index contributed by atoms with van der Waals surface area (Å²) in [6.45, 7) is 1.78. The lowest BCUT2D eigenvalue weighted by atomic mass is 10.3. The summed E-state index contributed by atoms with van der Waals surface area (Å²) in [5.74, 6) is 0.855. The van der Waals surface area contributed by atoms with Crippen molar-refractivity contribution in [2.24, 2.45) is 0 Å². The summed E-state index contributed by atoms with van der Waals surface area (Å²) in [5, 5.41) is 8.22. The number of rotatable bonds is 4. The molecule has 3 aromatic rings. The van der Waals surface area contributed by atoms with Crippen LogP contribution >= 0.6 is 11.6 Å². The van der Waals surface area contributed by atoms with Crippen LogP contribution in [0.5, 0.6) is 5.75 Å². The predicted octanol–water partition coefficient (Wildman–Crippen LogP) is 2.50. The molecular formula is C14H13ClN4O3S. The van der Waals surface area contributed by atoms with Crippen LogP contribution < -0.4 is 9.46 Å². The minimum absolute atomic E-state index is 0.0502. The highest BCUT2D eigenvalue weighted by Crippen LogP contribution is 2.29. The van der Waals surface area contributed by atoms with Crippen molar-refractivity contribution in [2.75, 3.05) is 11.8 Å². The van der Waals surface area contributed by atoms with Gasteiger partial charge in [0.1, 0.15) is 16.5 Å². The van der Waals surface area contributed by atoms with Gasteiger partial charge in [-0.25, -0.2) is 8.42 Å². The molecule has 0 aliphatic rings. The van der Waals surface area contributed by atoms with Gasteiger partial charge in [-0.15, -0.1) is 10.2 Å². The zero-order chi connectivity index (χ0) is 16.6. The molecule has 1 aromatic carbocycles. The molecule has 1 N–H and O–H groups in total. The Balaban J connectivity index is 2.09. The molecule has 120 valence electrons. The van der Waals surface area contributed by atoms with Crippen LogP contribution in [-0.4, -0.2) is 30.1 Å². The molecule has 0 radical (unpaired) electrons. The Hall–Kier alpha value is -2.32. The van der Waals surface area contributed by atoms with Crippen LogP contribution in [0.1, 0.15) is 5.82 Å². The Morgan fingerprint density at radius 2 is 2.04 bits per heavy atom. The van der Waals surface area contributed by atoms with E-state index in [2.05, 4.69) is 14.9 Å². The van der Waals surface area contributed by atoms with E-state index in [0.29, 0.717) is 22.2 Å². The molecule has 0 amide bonds. The van der Waals surface area contributed by atoms with Crippen molar-refractivity contribution in [3.05, 3.63) is 47.4 Å². The van der Waals surface area contributed by atoms with Crippen LogP contribution in [0, 0.1) is 6.92 Å². The zero-order valence-electron chi connectivity index (χ0n) is 12.3. The van der Waals surface area contributed by atoms with E-state index in [-0.39, 0.29) is 10.6 Å². The van der Waals surface area contributed by atoms with Gasteiger partial charge in [0.05, 0.1) is 12.8 Å². The number of pyridine rings is 1. The molecule has 0 aliphatic carbocycles. The first-order valence-electron chi connectivity index (χ1n) is 6.59. The van der Waals surface area contributed by atoms with E-state index in [1.165, 1.54) is 19.2 Å². The minimum atomic E-state index is -3.90. The summed E-state index contributed by atoms with van der Waals surface area (Å²) in [6.07, 6.45) is 1.75. The second-order valence-corrected chi connectivity index (χ2v) is 6.85. The quantitative estimate of drug-likeness (QED) is 0.779. The van der Waals surface area contributed by atoms with Crippen LogP contribution in [0.2, 0.25) is 5.02 Å². The maximum absolute atomic E-state index is 12.7. The van der Waals surface area contributed by atoms with E-state index < -0.39 is 10.0 Å². The van der Waals surface area contributed by atoms with Crippen molar-refractivity contribution in [1.82, 2.24) is 14.6 Å². The van der Waals surface area contributed by atoms with E-state index >= 15 is 0 Å². The molecule has 2 heterocycles. The van der Waals surface area contributed by atoms with Crippen LogP contribution in [0.3, 0.4) is 0 Å². The third-order valence-corrected chi connectivity index (χ3v) is 4.89. The lowest BCUT2D eigenvalue weighted by molar-refractivity contribution is 0.403. The first-order chi connectivity index (χ1) is 10.9. The normalized spacial score (nSPS) is 11.6. The second-order valence-electron chi connectivity index (χ2n) is 4.76. The van der Waals surface area contributed by atoms with Gasteiger partial charge in [0.2, 0.25) is 0 Å². The number of sulfonamides is 1. The first-order valence-corrected chi connectivity index (χ1v) is 8.45. The number of fused-ring (bicyclic) bond motifs is 1. The fourth-order valence-electron chi connectivity index (χ4n) is 2.17. The molecule has 0 saturated carbocycles. The molecule has 0 fully saturated rings. The highest BCUT2D eigenvalue weighted by molar-refractivity contribution is 7.92. The molecule has 0 saturated heterocycles. The van der Waals surface area contributed by atoms with Gasteiger partial charge < -0.3 is 4.74 Å². The number of ether oxygens (including phenoxy) is 1. The smallest absolute Gasteiger partial charge is 0.265 e. The Labute approximate surface area is 137 Å². The van der Waals surface area contributed by atoms with Crippen molar-refractivity contribution in [1.29, 1.82) is 0 Å². The molecule has 0 spiro atoms. The number of aromatic nitrogens is 3. The average molecular weight is 353 g/mol. The summed E-state index contributed by atoms with van der Waals surface area (Å²) in [5.41, 5.74) is 0.727. The van der Waals surface area contributed by atoms with E-state index in [9.17, 15) is 8.42 Å². The van der Waals surface area contributed by atoms with E-state index in [1.807, 2.05) is 0 Å². The summed E-state index contributed by atoms with van der Waals surface area (Å²) in [4.78, 5) is -0.0502. The lowest BCUT2D eigenvalue weighted by Gasteiger charge is -2.12. The minimum Gasteiger partial charge on any atom is -0.495 e. The molecule has 3 rings (SSSR count). The summed E-state index contributed by atoms with van der Waals surface area (Å²) in [6, 6.07) is 7.70.